The van der Waals surface area contributed by atoms with Gasteiger partial charge in [0.05, 0.1) is 0 Å². The maximum absolute atomic E-state index is 13.1. The summed E-state index contributed by atoms with van der Waals surface area (Å²) in [6.07, 6.45) is 3.44. The van der Waals surface area contributed by atoms with E-state index in [1.165, 1.54) is 18.6 Å². The summed E-state index contributed by atoms with van der Waals surface area (Å²) < 4.78 is 26.1. The van der Waals surface area contributed by atoms with Crippen molar-refractivity contribution in [2.45, 2.75) is 26.2 Å². The van der Waals surface area contributed by atoms with Crippen molar-refractivity contribution in [3.63, 3.8) is 0 Å². The monoisotopic (exact) mass is 225 g/mol. The minimum absolute atomic E-state index is 0.493. The average molecular weight is 225 g/mol. The molecule has 0 saturated carbocycles. The largest absolute Gasteiger partial charge is 0.371 e. The first-order chi connectivity index (χ1) is 7.69. The first-order valence-corrected chi connectivity index (χ1v) is 5.90. The Balaban J connectivity index is 2.08. The fraction of sp³-hybridized carbons (Fsp3) is 0.538. The van der Waals surface area contributed by atoms with Crippen LogP contribution < -0.4 is 4.90 Å². The molecule has 0 bridgehead atoms. The van der Waals surface area contributed by atoms with Gasteiger partial charge < -0.3 is 4.90 Å². The molecule has 2 rings (SSSR count). The minimum Gasteiger partial charge on any atom is -0.371 e. The molecule has 0 radical (unpaired) electrons. The van der Waals surface area contributed by atoms with E-state index >= 15 is 0 Å². The lowest BCUT2D eigenvalue weighted by Crippen LogP contribution is -2.33. The van der Waals surface area contributed by atoms with Crippen LogP contribution in [0.25, 0.3) is 0 Å². The molecule has 0 aliphatic carbocycles. The summed E-state index contributed by atoms with van der Waals surface area (Å²) >= 11 is 0. The van der Waals surface area contributed by atoms with Crippen molar-refractivity contribution in [3.8, 4) is 0 Å². The predicted molar refractivity (Wildman–Crippen MR) is 61.6 cm³/mol. The molecule has 0 aromatic heterocycles. The van der Waals surface area contributed by atoms with Crippen molar-refractivity contribution < 1.29 is 8.78 Å². The topological polar surface area (TPSA) is 3.24 Å². The summed E-state index contributed by atoms with van der Waals surface area (Å²) in [5.74, 6) is -0.213. The summed E-state index contributed by atoms with van der Waals surface area (Å²) in [6, 6.07) is 3.74. The van der Waals surface area contributed by atoms with Crippen molar-refractivity contribution in [3.05, 3.63) is 29.8 Å². The van der Waals surface area contributed by atoms with Crippen LogP contribution in [0.4, 0.5) is 14.5 Å². The second-order valence-corrected chi connectivity index (χ2v) is 4.47. The van der Waals surface area contributed by atoms with Crippen LogP contribution >= 0.6 is 0 Å². The molecule has 0 atom stereocenters. The molecule has 1 saturated heterocycles. The lowest BCUT2D eigenvalue weighted by molar-refractivity contribution is 0.394. The van der Waals surface area contributed by atoms with Gasteiger partial charge in [0, 0.05) is 24.8 Å². The van der Waals surface area contributed by atoms with Crippen LogP contribution in [0.15, 0.2) is 18.2 Å². The summed E-state index contributed by atoms with van der Waals surface area (Å²) in [5, 5.41) is 0. The van der Waals surface area contributed by atoms with E-state index in [-0.39, 0.29) is 0 Å². The first-order valence-electron chi connectivity index (χ1n) is 5.90. The molecular formula is C13H17F2N. The SMILES string of the molecule is CCC1CCN(c2cc(F)cc(F)c2)CC1. The van der Waals surface area contributed by atoms with E-state index < -0.39 is 11.6 Å². The molecule has 1 aliphatic heterocycles. The summed E-state index contributed by atoms with van der Waals surface area (Å²) in [5.41, 5.74) is 0.673. The fourth-order valence-electron chi connectivity index (χ4n) is 2.32. The molecule has 1 aromatic rings. The standard InChI is InChI=1S/C13H17F2N/c1-2-10-3-5-16(6-4-10)13-8-11(14)7-12(15)9-13/h7-10H,2-6H2,1H3. The number of benzene rings is 1. The van der Waals surface area contributed by atoms with Gasteiger partial charge in [0.25, 0.3) is 0 Å². The van der Waals surface area contributed by atoms with Gasteiger partial charge >= 0.3 is 0 Å². The lowest BCUT2D eigenvalue weighted by Gasteiger charge is -2.33. The van der Waals surface area contributed by atoms with Gasteiger partial charge in [0.1, 0.15) is 11.6 Å². The number of rotatable bonds is 2. The van der Waals surface area contributed by atoms with E-state index in [2.05, 4.69) is 11.8 Å². The van der Waals surface area contributed by atoms with Crippen LogP contribution in [0.3, 0.4) is 0 Å². The minimum atomic E-state index is -0.493. The van der Waals surface area contributed by atoms with Gasteiger partial charge in [0.2, 0.25) is 0 Å². The molecular weight excluding hydrogens is 208 g/mol. The second-order valence-electron chi connectivity index (χ2n) is 4.47. The van der Waals surface area contributed by atoms with E-state index in [0.717, 1.165) is 37.9 Å². The van der Waals surface area contributed by atoms with E-state index in [9.17, 15) is 8.78 Å². The van der Waals surface area contributed by atoms with Crippen molar-refractivity contribution in [1.29, 1.82) is 0 Å². The highest BCUT2D eigenvalue weighted by Gasteiger charge is 2.18. The van der Waals surface area contributed by atoms with Crippen molar-refractivity contribution in [1.82, 2.24) is 0 Å². The Morgan fingerprint density at radius 3 is 2.19 bits per heavy atom. The number of anilines is 1. The highest BCUT2D eigenvalue weighted by molar-refractivity contribution is 5.47. The van der Waals surface area contributed by atoms with Crippen molar-refractivity contribution in [2.24, 2.45) is 5.92 Å². The van der Waals surface area contributed by atoms with Gasteiger partial charge in [0.15, 0.2) is 0 Å². The van der Waals surface area contributed by atoms with Gasteiger partial charge in [-0.05, 0) is 30.9 Å². The van der Waals surface area contributed by atoms with Gasteiger partial charge in [-0.3, -0.25) is 0 Å². The van der Waals surface area contributed by atoms with Crippen LogP contribution in [-0.4, -0.2) is 13.1 Å². The third-order valence-electron chi connectivity index (χ3n) is 3.40. The Bertz CT molecular complexity index is 337. The van der Waals surface area contributed by atoms with E-state index in [4.69, 9.17) is 0 Å². The molecule has 0 N–H and O–H groups in total. The molecule has 1 aliphatic rings. The zero-order valence-electron chi connectivity index (χ0n) is 9.55. The molecule has 16 heavy (non-hydrogen) atoms. The Morgan fingerprint density at radius 2 is 1.69 bits per heavy atom. The van der Waals surface area contributed by atoms with Crippen molar-refractivity contribution >= 4 is 5.69 Å². The summed E-state index contributed by atoms with van der Waals surface area (Å²) in [4.78, 5) is 2.07. The Hall–Kier alpha value is -1.12. The lowest BCUT2D eigenvalue weighted by atomic mass is 9.94. The normalized spacial score (nSPS) is 17.8. The van der Waals surface area contributed by atoms with Gasteiger partial charge in [-0.2, -0.15) is 0 Å². The Labute approximate surface area is 95.1 Å². The third kappa shape index (κ3) is 2.52. The number of hydrogen-bond acceptors (Lipinski definition) is 1. The summed E-state index contributed by atoms with van der Waals surface area (Å²) in [6.45, 7) is 4.00. The number of halogens is 2. The van der Waals surface area contributed by atoms with Gasteiger partial charge in [-0.25, -0.2) is 8.78 Å². The van der Waals surface area contributed by atoms with E-state index in [0.29, 0.717) is 5.69 Å². The highest BCUT2D eigenvalue weighted by Crippen LogP contribution is 2.25. The molecule has 88 valence electrons. The third-order valence-corrected chi connectivity index (χ3v) is 3.40. The average Bonchev–Trinajstić information content (AvgIpc) is 2.28. The molecule has 3 heteroatoms. The molecule has 1 aromatic carbocycles. The number of nitrogens with zero attached hydrogens (tertiary/aromatic N) is 1. The van der Waals surface area contributed by atoms with Crippen LogP contribution in [-0.2, 0) is 0 Å². The zero-order valence-corrected chi connectivity index (χ0v) is 9.55. The second kappa shape index (κ2) is 4.81. The predicted octanol–water partition coefficient (Wildman–Crippen LogP) is 3.59. The van der Waals surface area contributed by atoms with Crippen LogP contribution in [0, 0.1) is 17.6 Å². The highest BCUT2D eigenvalue weighted by atomic mass is 19.1. The zero-order chi connectivity index (χ0) is 11.5. The van der Waals surface area contributed by atoms with Gasteiger partial charge in [-0.15, -0.1) is 0 Å². The maximum Gasteiger partial charge on any atom is 0.128 e. The fourth-order valence-corrected chi connectivity index (χ4v) is 2.32. The molecule has 0 amide bonds. The smallest absolute Gasteiger partial charge is 0.128 e. The molecule has 0 unspecified atom stereocenters. The van der Waals surface area contributed by atoms with Gasteiger partial charge in [-0.1, -0.05) is 13.3 Å². The Kier molecular flexibility index (Phi) is 3.42. The maximum atomic E-state index is 13.1. The van der Waals surface area contributed by atoms with Crippen molar-refractivity contribution in [2.75, 3.05) is 18.0 Å². The summed E-state index contributed by atoms with van der Waals surface area (Å²) in [7, 11) is 0. The molecule has 1 heterocycles. The first kappa shape index (κ1) is 11.4. The molecule has 0 spiro atoms. The molecule has 1 nitrogen and oxygen atoms in total. The molecule has 1 fully saturated rings. The van der Waals surface area contributed by atoms with Crippen LogP contribution in [0.1, 0.15) is 26.2 Å². The quantitative estimate of drug-likeness (QED) is 0.743. The van der Waals surface area contributed by atoms with E-state index in [1.807, 2.05) is 0 Å². The van der Waals surface area contributed by atoms with Crippen LogP contribution in [0.5, 0.6) is 0 Å². The number of hydrogen-bond donors (Lipinski definition) is 0. The van der Waals surface area contributed by atoms with E-state index in [1.54, 1.807) is 0 Å². The van der Waals surface area contributed by atoms with Crippen LogP contribution in [0.2, 0.25) is 0 Å². The number of piperidine rings is 1. The Morgan fingerprint density at radius 1 is 1.12 bits per heavy atom.